The summed E-state index contributed by atoms with van der Waals surface area (Å²) in [5.74, 6) is -1.09. The van der Waals surface area contributed by atoms with Gasteiger partial charge in [0.15, 0.2) is 0 Å². The number of hydrogen-bond donors (Lipinski definition) is 2. The minimum absolute atomic E-state index is 0.0573. The zero-order valence-corrected chi connectivity index (χ0v) is 13.0. The molecule has 5 heteroatoms. The smallest absolute Gasteiger partial charge is 0.337 e. The largest absolute Gasteiger partial charge is 0.478 e. The first kappa shape index (κ1) is 15.0. The van der Waals surface area contributed by atoms with E-state index in [1.807, 2.05) is 6.92 Å². The SMILES string of the molecule is CCC1(C(=O)Nc2cc(Br)ccc2C(=O)O)CCCC1. The number of amides is 1. The highest BCUT2D eigenvalue weighted by atomic mass is 79.9. The predicted octanol–water partition coefficient (Wildman–Crippen LogP) is 4.06. The first-order valence-electron chi connectivity index (χ1n) is 6.83. The van der Waals surface area contributed by atoms with Crippen LogP contribution in [0.2, 0.25) is 0 Å². The van der Waals surface area contributed by atoms with Gasteiger partial charge in [-0.3, -0.25) is 4.79 Å². The third-order valence-corrected chi connectivity index (χ3v) is 4.67. The molecule has 20 heavy (non-hydrogen) atoms. The van der Waals surface area contributed by atoms with Gasteiger partial charge >= 0.3 is 5.97 Å². The van der Waals surface area contributed by atoms with Crippen LogP contribution in [0, 0.1) is 5.41 Å². The third-order valence-electron chi connectivity index (χ3n) is 4.18. The standard InChI is InChI=1S/C15H18BrNO3/c1-2-15(7-3-4-8-15)14(20)17-12-9-10(16)5-6-11(12)13(18)19/h5-6,9H,2-4,7-8H2,1H3,(H,17,20)(H,18,19). The molecule has 1 saturated carbocycles. The van der Waals surface area contributed by atoms with E-state index in [9.17, 15) is 14.7 Å². The Kier molecular flexibility index (Phi) is 4.48. The predicted molar refractivity (Wildman–Crippen MR) is 80.9 cm³/mol. The van der Waals surface area contributed by atoms with Crippen molar-refractivity contribution < 1.29 is 14.7 Å². The zero-order valence-electron chi connectivity index (χ0n) is 11.4. The highest BCUT2D eigenvalue weighted by molar-refractivity contribution is 9.10. The molecule has 0 heterocycles. The van der Waals surface area contributed by atoms with Crippen molar-refractivity contribution in [2.24, 2.45) is 5.41 Å². The van der Waals surface area contributed by atoms with Crippen LogP contribution in [0.1, 0.15) is 49.4 Å². The molecule has 0 saturated heterocycles. The number of anilines is 1. The Hall–Kier alpha value is -1.36. The van der Waals surface area contributed by atoms with Crippen LogP contribution >= 0.6 is 15.9 Å². The average Bonchev–Trinajstić information content (AvgIpc) is 2.88. The summed E-state index contributed by atoms with van der Waals surface area (Å²) in [5.41, 5.74) is 0.139. The molecule has 0 aromatic heterocycles. The van der Waals surface area contributed by atoms with Gasteiger partial charge in [0.05, 0.1) is 11.3 Å². The molecule has 0 bridgehead atoms. The quantitative estimate of drug-likeness (QED) is 0.869. The van der Waals surface area contributed by atoms with Crippen molar-refractivity contribution >= 4 is 33.5 Å². The third kappa shape index (κ3) is 2.87. The van der Waals surface area contributed by atoms with Gasteiger partial charge in [0.2, 0.25) is 5.91 Å². The summed E-state index contributed by atoms with van der Waals surface area (Å²) >= 11 is 3.31. The van der Waals surface area contributed by atoms with Gasteiger partial charge < -0.3 is 10.4 Å². The zero-order chi connectivity index (χ0) is 14.8. The number of carbonyl (C=O) groups is 2. The van der Waals surface area contributed by atoms with Crippen LogP contribution in [-0.2, 0) is 4.79 Å². The van der Waals surface area contributed by atoms with Crippen molar-refractivity contribution in [1.82, 2.24) is 0 Å². The lowest BCUT2D eigenvalue weighted by atomic mass is 9.82. The summed E-state index contributed by atoms with van der Waals surface area (Å²) in [6.07, 6.45) is 4.67. The molecule has 0 atom stereocenters. The van der Waals surface area contributed by atoms with Crippen LogP contribution in [0.5, 0.6) is 0 Å². The Morgan fingerprint density at radius 2 is 2.00 bits per heavy atom. The molecule has 108 valence electrons. The maximum atomic E-state index is 12.5. The maximum Gasteiger partial charge on any atom is 0.337 e. The summed E-state index contributed by atoms with van der Waals surface area (Å²) in [6.45, 7) is 2.02. The topological polar surface area (TPSA) is 66.4 Å². The van der Waals surface area contributed by atoms with E-state index in [2.05, 4.69) is 21.2 Å². The fourth-order valence-corrected chi connectivity index (χ4v) is 3.22. The van der Waals surface area contributed by atoms with E-state index in [0.29, 0.717) is 5.69 Å². The molecule has 2 rings (SSSR count). The van der Waals surface area contributed by atoms with Gasteiger partial charge in [-0.1, -0.05) is 35.7 Å². The van der Waals surface area contributed by atoms with Gasteiger partial charge in [0.25, 0.3) is 0 Å². The summed E-state index contributed by atoms with van der Waals surface area (Å²) in [7, 11) is 0. The Balaban J connectivity index is 2.27. The second-order valence-corrected chi connectivity index (χ2v) is 6.21. The molecule has 1 fully saturated rings. The molecular weight excluding hydrogens is 322 g/mol. The number of nitrogens with one attached hydrogen (secondary N) is 1. The molecule has 1 aromatic carbocycles. The van der Waals surface area contributed by atoms with E-state index in [1.54, 1.807) is 12.1 Å². The Labute approximate surface area is 126 Å². The molecular formula is C15H18BrNO3. The lowest BCUT2D eigenvalue weighted by Gasteiger charge is -2.26. The van der Waals surface area contributed by atoms with Crippen LogP contribution in [-0.4, -0.2) is 17.0 Å². The average molecular weight is 340 g/mol. The molecule has 0 unspecified atom stereocenters. The minimum atomic E-state index is -1.04. The van der Waals surface area contributed by atoms with Gasteiger partial charge in [-0.2, -0.15) is 0 Å². The summed E-state index contributed by atoms with van der Waals surface area (Å²) in [4.78, 5) is 23.8. The van der Waals surface area contributed by atoms with E-state index in [1.165, 1.54) is 6.07 Å². The van der Waals surface area contributed by atoms with Gasteiger partial charge in [-0.05, 0) is 37.5 Å². The summed E-state index contributed by atoms with van der Waals surface area (Å²) in [6, 6.07) is 4.79. The van der Waals surface area contributed by atoms with Crippen molar-refractivity contribution in [3.8, 4) is 0 Å². The highest BCUT2D eigenvalue weighted by Gasteiger charge is 2.39. The second kappa shape index (κ2) is 5.95. The van der Waals surface area contributed by atoms with Crippen LogP contribution in [0.15, 0.2) is 22.7 Å². The second-order valence-electron chi connectivity index (χ2n) is 5.29. The Bertz CT molecular complexity index is 536. The van der Waals surface area contributed by atoms with E-state index in [0.717, 1.165) is 36.6 Å². The summed E-state index contributed by atoms with van der Waals surface area (Å²) < 4.78 is 0.745. The van der Waals surface area contributed by atoms with Crippen molar-refractivity contribution in [3.63, 3.8) is 0 Å². The van der Waals surface area contributed by atoms with Crippen molar-refractivity contribution in [3.05, 3.63) is 28.2 Å². The number of aromatic carboxylic acids is 1. The molecule has 1 aliphatic rings. The van der Waals surface area contributed by atoms with E-state index in [4.69, 9.17) is 0 Å². The number of rotatable bonds is 4. The number of hydrogen-bond acceptors (Lipinski definition) is 2. The molecule has 4 nitrogen and oxygen atoms in total. The fraction of sp³-hybridized carbons (Fsp3) is 0.467. The van der Waals surface area contributed by atoms with Crippen LogP contribution in [0.3, 0.4) is 0 Å². The van der Waals surface area contributed by atoms with E-state index in [-0.39, 0.29) is 16.9 Å². The molecule has 1 aromatic rings. The molecule has 0 radical (unpaired) electrons. The lowest BCUT2D eigenvalue weighted by molar-refractivity contribution is -0.125. The first-order chi connectivity index (χ1) is 9.48. The Morgan fingerprint density at radius 3 is 2.55 bits per heavy atom. The van der Waals surface area contributed by atoms with Gasteiger partial charge in [-0.25, -0.2) is 4.79 Å². The van der Waals surface area contributed by atoms with Gasteiger partial charge in [0, 0.05) is 9.89 Å². The molecule has 2 N–H and O–H groups in total. The normalized spacial score (nSPS) is 16.9. The van der Waals surface area contributed by atoms with Crippen LogP contribution < -0.4 is 5.32 Å². The number of carbonyl (C=O) groups excluding carboxylic acids is 1. The highest BCUT2D eigenvalue weighted by Crippen LogP contribution is 2.42. The number of carboxylic acids is 1. The van der Waals surface area contributed by atoms with E-state index < -0.39 is 5.97 Å². The number of benzene rings is 1. The van der Waals surface area contributed by atoms with Crippen LogP contribution in [0.4, 0.5) is 5.69 Å². The monoisotopic (exact) mass is 339 g/mol. The molecule has 0 spiro atoms. The molecule has 1 amide bonds. The molecule has 0 aliphatic heterocycles. The van der Waals surface area contributed by atoms with Gasteiger partial charge in [-0.15, -0.1) is 0 Å². The van der Waals surface area contributed by atoms with Crippen molar-refractivity contribution in [2.45, 2.75) is 39.0 Å². The Morgan fingerprint density at radius 1 is 1.35 bits per heavy atom. The number of carboxylic acid groups (broad SMARTS) is 1. The first-order valence-corrected chi connectivity index (χ1v) is 7.62. The number of halogens is 1. The molecule has 1 aliphatic carbocycles. The fourth-order valence-electron chi connectivity index (χ4n) is 2.85. The van der Waals surface area contributed by atoms with Crippen LogP contribution in [0.25, 0.3) is 0 Å². The summed E-state index contributed by atoms with van der Waals surface area (Å²) in [5, 5.41) is 12.0. The maximum absolute atomic E-state index is 12.5. The van der Waals surface area contributed by atoms with E-state index >= 15 is 0 Å². The van der Waals surface area contributed by atoms with Crippen molar-refractivity contribution in [1.29, 1.82) is 0 Å². The van der Waals surface area contributed by atoms with Crippen molar-refractivity contribution in [2.75, 3.05) is 5.32 Å². The van der Waals surface area contributed by atoms with Gasteiger partial charge in [0.1, 0.15) is 0 Å². The lowest BCUT2D eigenvalue weighted by Crippen LogP contribution is -2.33. The minimum Gasteiger partial charge on any atom is -0.478 e.